The van der Waals surface area contributed by atoms with Gasteiger partial charge >= 0.3 is 0 Å². The second-order valence-electron chi connectivity index (χ2n) is 5.85. The van der Waals surface area contributed by atoms with E-state index in [1.807, 2.05) is 32.0 Å². The highest BCUT2D eigenvalue weighted by Crippen LogP contribution is 2.24. The van der Waals surface area contributed by atoms with Crippen molar-refractivity contribution in [2.45, 2.75) is 51.7 Å². The van der Waals surface area contributed by atoms with Crippen molar-refractivity contribution in [3.05, 3.63) is 34.9 Å². The van der Waals surface area contributed by atoms with Gasteiger partial charge in [0.1, 0.15) is 5.54 Å². The smallest absolute Gasteiger partial charge is 0.248 e. The molecule has 1 N–H and O–H groups in total. The Balaban J connectivity index is 2.30. The van der Waals surface area contributed by atoms with E-state index in [1.165, 1.54) is 0 Å². The molecule has 1 heterocycles. The van der Waals surface area contributed by atoms with Gasteiger partial charge in [-0.2, -0.15) is 0 Å². The number of carbonyl (C=O) groups excluding carboxylic acids is 2. The van der Waals surface area contributed by atoms with Crippen LogP contribution in [0.15, 0.2) is 24.3 Å². The highest BCUT2D eigenvalue weighted by Gasteiger charge is 2.41. The first-order chi connectivity index (χ1) is 9.85. The summed E-state index contributed by atoms with van der Waals surface area (Å²) in [4.78, 5) is 26.5. The third-order valence-corrected chi connectivity index (χ3v) is 4.35. The molecule has 21 heavy (non-hydrogen) atoms. The standard InChI is InChI=1S/C16H21ClN2O2/c1-4-16(3)15(21)19(11(2)8-14(20)18-16)10-12-6-5-7-13(17)9-12/h5-7,9,11H,4,8,10H2,1-3H3,(H,18,20). The highest BCUT2D eigenvalue weighted by molar-refractivity contribution is 6.30. The molecule has 1 saturated heterocycles. The van der Waals surface area contributed by atoms with Gasteiger partial charge in [-0.1, -0.05) is 30.7 Å². The van der Waals surface area contributed by atoms with Crippen LogP contribution in [0.1, 0.15) is 39.2 Å². The zero-order chi connectivity index (χ0) is 15.6. The Bertz CT molecular complexity index is 561. The molecule has 1 aromatic rings. The minimum absolute atomic E-state index is 0.0386. The Morgan fingerprint density at radius 2 is 2.14 bits per heavy atom. The minimum atomic E-state index is -0.833. The first kappa shape index (κ1) is 15.8. The molecule has 2 atom stereocenters. The van der Waals surface area contributed by atoms with Crippen LogP contribution >= 0.6 is 11.6 Å². The Labute approximate surface area is 130 Å². The molecular formula is C16H21ClN2O2. The number of hydrogen-bond acceptors (Lipinski definition) is 2. The van der Waals surface area contributed by atoms with Gasteiger partial charge in [-0.15, -0.1) is 0 Å². The van der Waals surface area contributed by atoms with Crippen LogP contribution in [-0.4, -0.2) is 28.3 Å². The fourth-order valence-corrected chi connectivity index (χ4v) is 2.82. The number of amides is 2. The van der Waals surface area contributed by atoms with Crippen molar-refractivity contribution in [2.75, 3.05) is 0 Å². The summed E-state index contributed by atoms with van der Waals surface area (Å²) in [6.07, 6.45) is 0.887. The number of nitrogens with zero attached hydrogens (tertiary/aromatic N) is 1. The summed E-state index contributed by atoms with van der Waals surface area (Å²) in [6, 6.07) is 7.33. The average Bonchev–Trinajstić information content (AvgIpc) is 2.50. The summed E-state index contributed by atoms with van der Waals surface area (Å²) in [5, 5.41) is 3.50. The fourth-order valence-electron chi connectivity index (χ4n) is 2.61. The van der Waals surface area contributed by atoms with Crippen LogP contribution in [0.3, 0.4) is 0 Å². The van der Waals surface area contributed by atoms with Gasteiger partial charge in [-0.25, -0.2) is 0 Å². The molecule has 0 saturated carbocycles. The van der Waals surface area contributed by atoms with Crippen LogP contribution in [-0.2, 0) is 16.1 Å². The molecule has 5 heteroatoms. The minimum Gasteiger partial charge on any atom is -0.342 e. The molecule has 0 aliphatic carbocycles. The Morgan fingerprint density at radius 3 is 2.76 bits per heavy atom. The SMILES string of the molecule is CCC1(C)NC(=O)CC(C)N(Cc2cccc(Cl)c2)C1=O. The second-order valence-corrected chi connectivity index (χ2v) is 6.29. The first-order valence-electron chi connectivity index (χ1n) is 7.22. The van der Waals surface area contributed by atoms with Crippen molar-refractivity contribution in [1.29, 1.82) is 0 Å². The lowest BCUT2D eigenvalue weighted by Gasteiger charge is -2.33. The fraction of sp³-hybridized carbons (Fsp3) is 0.500. The predicted molar refractivity (Wildman–Crippen MR) is 82.9 cm³/mol. The molecule has 114 valence electrons. The molecule has 0 spiro atoms. The number of nitrogens with one attached hydrogen (secondary N) is 1. The predicted octanol–water partition coefficient (Wildman–Crippen LogP) is 2.75. The molecule has 0 bridgehead atoms. The molecule has 1 fully saturated rings. The van der Waals surface area contributed by atoms with Crippen molar-refractivity contribution < 1.29 is 9.59 Å². The quantitative estimate of drug-likeness (QED) is 0.933. The summed E-state index contributed by atoms with van der Waals surface area (Å²) >= 11 is 6.00. The van der Waals surface area contributed by atoms with Crippen LogP contribution < -0.4 is 5.32 Å². The molecule has 0 aromatic heterocycles. The van der Waals surface area contributed by atoms with Crippen molar-refractivity contribution in [1.82, 2.24) is 10.2 Å². The zero-order valence-corrected chi connectivity index (χ0v) is 13.4. The summed E-state index contributed by atoms with van der Waals surface area (Å²) in [5.41, 5.74) is 0.135. The molecule has 2 unspecified atom stereocenters. The maximum Gasteiger partial charge on any atom is 0.248 e. The van der Waals surface area contributed by atoms with Gasteiger partial charge in [0.2, 0.25) is 11.8 Å². The van der Waals surface area contributed by atoms with E-state index in [4.69, 9.17) is 11.6 Å². The summed E-state index contributed by atoms with van der Waals surface area (Å²) < 4.78 is 0. The van der Waals surface area contributed by atoms with Crippen molar-refractivity contribution in [3.8, 4) is 0 Å². The molecule has 4 nitrogen and oxygen atoms in total. The summed E-state index contributed by atoms with van der Waals surface area (Å²) in [6.45, 7) is 6.07. The molecular weight excluding hydrogens is 288 g/mol. The van der Waals surface area contributed by atoms with Crippen molar-refractivity contribution in [3.63, 3.8) is 0 Å². The Morgan fingerprint density at radius 1 is 1.43 bits per heavy atom. The highest BCUT2D eigenvalue weighted by atomic mass is 35.5. The van der Waals surface area contributed by atoms with Gasteiger partial charge < -0.3 is 10.2 Å². The van der Waals surface area contributed by atoms with E-state index < -0.39 is 5.54 Å². The number of rotatable bonds is 3. The van der Waals surface area contributed by atoms with Gasteiger partial charge in [0.25, 0.3) is 0 Å². The average molecular weight is 309 g/mol. The molecule has 1 aromatic carbocycles. The second kappa shape index (κ2) is 6.06. The Kier molecular flexibility index (Phi) is 4.57. The molecule has 1 aliphatic heterocycles. The van der Waals surface area contributed by atoms with E-state index in [0.717, 1.165) is 5.56 Å². The maximum absolute atomic E-state index is 12.8. The van der Waals surface area contributed by atoms with Crippen molar-refractivity contribution >= 4 is 23.4 Å². The normalized spacial score (nSPS) is 26.5. The van der Waals surface area contributed by atoms with Crippen LogP contribution in [0.5, 0.6) is 0 Å². The van der Waals surface area contributed by atoms with E-state index in [0.29, 0.717) is 24.4 Å². The number of halogens is 1. The largest absolute Gasteiger partial charge is 0.342 e. The van der Waals surface area contributed by atoms with E-state index >= 15 is 0 Å². The van der Waals surface area contributed by atoms with Crippen LogP contribution in [0.4, 0.5) is 0 Å². The summed E-state index contributed by atoms with van der Waals surface area (Å²) in [5.74, 6) is -0.114. The molecule has 2 amide bonds. The lowest BCUT2D eigenvalue weighted by molar-refractivity contribution is -0.140. The lowest BCUT2D eigenvalue weighted by Crippen LogP contribution is -2.55. The van der Waals surface area contributed by atoms with Gasteiger partial charge in [-0.05, 0) is 38.0 Å². The monoisotopic (exact) mass is 308 g/mol. The zero-order valence-electron chi connectivity index (χ0n) is 12.6. The van der Waals surface area contributed by atoms with Gasteiger partial charge in [0, 0.05) is 24.0 Å². The Hall–Kier alpha value is -1.55. The van der Waals surface area contributed by atoms with Gasteiger partial charge in [-0.3, -0.25) is 9.59 Å². The van der Waals surface area contributed by atoms with Crippen LogP contribution in [0.25, 0.3) is 0 Å². The molecule has 1 aliphatic rings. The van der Waals surface area contributed by atoms with E-state index in [-0.39, 0.29) is 17.9 Å². The van der Waals surface area contributed by atoms with Gasteiger partial charge in [0.05, 0.1) is 0 Å². The topological polar surface area (TPSA) is 49.4 Å². The number of carbonyl (C=O) groups is 2. The lowest BCUT2D eigenvalue weighted by atomic mass is 9.96. The number of hydrogen-bond donors (Lipinski definition) is 1. The molecule has 2 rings (SSSR count). The van der Waals surface area contributed by atoms with Gasteiger partial charge in [0.15, 0.2) is 0 Å². The van der Waals surface area contributed by atoms with E-state index in [1.54, 1.807) is 17.9 Å². The third kappa shape index (κ3) is 3.38. The first-order valence-corrected chi connectivity index (χ1v) is 7.60. The third-order valence-electron chi connectivity index (χ3n) is 4.11. The number of benzene rings is 1. The van der Waals surface area contributed by atoms with Crippen LogP contribution in [0, 0.1) is 0 Å². The molecule has 0 radical (unpaired) electrons. The van der Waals surface area contributed by atoms with Crippen molar-refractivity contribution in [2.24, 2.45) is 0 Å². The summed E-state index contributed by atoms with van der Waals surface area (Å²) in [7, 11) is 0. The van der Waals surface area contributed by atoms with Crippen LogP contribution in [0.2, 0.25) is 5.02 Å². The maximum atomic E-state index is 12.8. The van der Waals surface area contributed by atoms with E-state index in [2.05, 4.69) is 5.32 Å². The van der Waals surface area contributed by atoms with E-state index in [9.17, 15) is 9.59 Å².